The Labute approximate surface area is 97.5 Å². The first-order chi connectivity index (χ1) is 6.81. The Morgan fingerprint density at radius 1 is 1.43 bits per heavy atom. The molecule has 0 spiro atoms. The van der Waals surface area contributed by atoms with Gasteiger partial charge in [-0.1, -0.05) is 15.9 Å². The Morgan fingerprint density at radius 3 is 3.00 bits per heavy atom. The second-order valence-electron chi connectivity index (χ2n) is 3.41. The Morgan fingerprint density at radius 2 is 2.21 bits per heavy atom. The smallest absolute Gasteiger partial charge is 0.0833 e. The highest BCUT2D eigenvalue weighted by Crippen LogP contribution is 2.27. The minimum atomic E-state index is 0.882. The fourth-order valence-corrected chi connectivity index (χ4v) is 2.58. The third kappa shape index (κ3) is 2.01. The third-order valence-electron chi connectivity index (χ3n) is 2.46. The van der Waals surface area contributed by atoms with Crippen molar-refractivity contribution in [3.05, 3.63) is 27.5 Å². The number of pyridine rings is 1. The highest BCUT2D eigenvalue weighted by atomic mass is 79.9. The van der Waals surface area contributed by atoms with Crippen molar-refractivity contribution in [3.8, 4) is 0 Å². The normalized spacial score (nSPS) is 15.9. The van der Waals surface area contributed by atoms with Crippen molar-refractivity contribution >= 4 is 35.0 Å². The molecule has 1 aromatic rings. The molecule has 1 aliphatic carbocycles. The van der Waals surface area contributed by atoms with E-state index in [1.165, 1.54) is 24.1 Å². The molecule has 14 heavy (non-hydrogen) atoms. The second-order valence-corrected chi connectivity index (χ2v) is 4.49. The van der Waals surface area contributed by atoms with Crippen molar-refractivity contribution < 1.29 is 0 Å². The number of hydrogen-bond acceptors (Lipinski definition) is 3. The van der Waals surface area contributed by atoms with E-state index in [0.29, 0.717) is 0 Å². The molecule has 0 bridgehead atoms. The van der Waals surface area contributed by atoms with E-state index in [4.69, 9.17) is 0 Å². The maximum Gasteiger partial charge on any atom is 0.0833 e. The minimum Gasteiger partial charge on any atom is -0.251 e. The van der Waals surface area contributed by atoms with Gasteiger partial charge in [0.2, 0.25) is 0 Å². The van der Waals surface area contributed by atoms with Crippen molar-refractivity contribution in [2.24, 2.45) is 4.40 Å². The van der Waals surface area contributed by atoms with Crippen molar-refractivity contribution in [2.75, 3.05) is 0 Å². The molecule has 0 saturated heterocycles. The lowest BCUT2D eigenvalue weighted by molar-refractivity contribution is 0.665. The summed E-state index contributed by atoms with van der Waals surface area (Å²) >= 11 is 7.38. The van der Waals surface area contributed by atoms with Crippen molar-refractivity contribution in [1.82, 2.24) is 4.98 Å². The fourth-order valence-electron chi connectivity index (χ4n) is 1.80. The Bertz CT molecular complexity index is 377. The van der Waals surface area contributed by atoms with E-state index in [2.05, 4.69) is 38.1 Å². The van der Waals surface area contributed by atoms with E-state index >= 15 is 0 Å². The van der Waals surface area contributed by atoms with Gasteiger partial charge in [0.15, 0.2) is 0 Å². The van der Waals surface area contributed by atoms with Crippen LogP contribution in [0.3, 0.4) is 0 Å². The summed E-state index contributed by atoms with van der Waals surface area (Å²) in [7, 11) is 0. The van der Waals surface area contributed by atoms with Crippen LogP contribution in [0.2, 0.25) is 0 Å². The highest BCUT2D eigenvalue weighted by Gasteiger charge is 2.14. The zero-order valence-corrected chi connectivity index (χ0v) is 10.2. The van der Waals surface area contributed by atoms with Gasteiger partial charge in [0.05, 0.1) is 11.9 Å². The number of halogens is 1. The fraction of sp³-hybridized carbons (Fsp3) is 0.400. The van der Waals surface area contributed by atoms with E-state index in [-0.39, 0.29) is 0 Å². The van der Waals surface area contributed by atoms with Crippen LogP contribution in [0.5, 0.6) is 0 Å². The van der Waals surface area contributed by atoms with Crippen LogP contribution in [-0.4, -0.2) is 11.2 Å². The lowest BCUT2D eigenvalue weighted by Crippen LogP contribution is -2.07. The van der Waals surface area contributed by atoms with Gasteiger partial charge in [0.25, 0.3) is 0 Å². The summed E-state index contributed by atoms with van der Waals surface area (Å²) in [6, 6.07) is 2.00. The van der Waals surface area contributed by atoms with Gasteiger partial charge in [0, 0.05) is 10.2 Å². The summed E-state index contributed by atoms with van der Waals surface area (Å²) in [6.45, 7) is 0. The molecule has 0 saturated carbocycles. The van der Waals surface area contributed by atoms with E-state index in [9.17, 15) is 0 Å². The lowest BCUT2D eigenvalue weighted by atomic mass is 9.96. The maximum absolute atomic E-state index is 4.54. The van der Waals surface area contributed by atoms with Crippen LogP contribution in [0.25, 0.3) is 0 Å². The van der Waals surface area contributed by atoms with Gasteiger partial charge in [-0.2, -0.15) is 0 Å². The molecule has 74 valence electrons. The highest BCUT2D eigenvalue weighted by molar-refractivity contribution is 9.10. The molecule has 1 aliphatic rings. The predicted octanol–water partition coefficient (Wildman–Crippen LogP) is 2.99. The van der Waals surface area contributed by atoms with Crippen molar-refractivity contribution in [2.45, 2.75) is 25.7 Å². The van der Waals surface area contributed by atoms with Gasteiger partial charge in [-0.25, -0.2) is 4.40 Å². The quantitative estimate of drug-likeness (QED) is 0.616. The average molecular weight is 271 g/mol. The van der Waals surface area contributed by atoms with Gasteiger partial charge in [0.1, 0.15) is 0 Å². The van der Waals surface area contributed by atoms with Crippen LogP contribution in [0.1, 0.15) is 29.8 Å². The topological polar surface area (TPSA) is 25.2 Å². The summed E-state index contributed by atoms with van der Waals surface area (Å²) in [5.41, 5.74) is 3.47. The summed E-state index contributed by atoms with van der Waals surface area (Å²) in [4.78, 5) is 4.54. The van der Waals surface area contributed by atoms with Crippen LogP contribution in [0.4, 0.5) is 0 Å². The standard InChI is InChI=1S/C10H11BrN2S/c11-9-5-7(6-12-14)13-10-4-2-1-3-8(9)10/h5-6,14H,1-4H2/b12-6+. The molecule has 0 aromatic carbocycles. The first-order valence-electron chi connectivity index (χ1n) is 4.67. The van der Waals surface area contributed by atoms with Crippen LogP contribution in [0, 0.1) is 0 Å². The number of aryl methyl sites for hydroxylation is 1. The average Bonchev–Trinajstić information content (AvgIpc) is 2.18. The summed E-state index contributed by atoms with van der Waals surface area (Å²) in [5.74, 6) is 0. The van der Waals surface area contributed by atoms with Crippen molar-refractivity contribution in [3.63, 3.8) is 0 Å². The third-order valence-corrected chi connectivity index (χ3v) is 3.28. The zero-order chi connectivity index (χ0) is 9.97. The largest absolute Gasteiger partial charge is 0.251 e. The van der Waals surface area contributed by atoms with Crippen LogP contribution < -0.4 is 0 Å². The number of rotatable bonds is 1. The van der Waals surface area contributed by atoms with E-state index in [1.807, 2.05) is 6.07 Å². The first-order valence-corrected chi connectivity index (χ1v) is 5.86. The van der Waals surface area contributed by atoms with Gasteiger partial charge < -0.3 is 0 Å². The summed E-state index contributed by atoms with van der Waals surface area (Å²) < 4.78 is 4.84. The number of fused-ring (bicyclic) bond motifs is 1. The van der Waals surface area contributed by atoms with Crippen LogP contribution >= 0.6 is 28.7 Å². The molecule has 4 heteroatoms. The number of nitrogens with zero attached hydrogens (tertiary/aromatic N) is 2. The lowest BCUT2D eigenvalue weighted by Gasteiger charge is -2.16. The number of hydrogen-bond donors (Lipinski definition) is 1. The van der Waals surface area contributed by atoms with Crippen molar-refractivity contribution in [1.29, 1.82) is 0 Å². The SMILES string of the molecule is S/N=C/c1cc(Br)c2c(n1)CCCC2. The molecule has 1 aromatic heterocycles. The van der Waals surface area contributed by atoms with Crippen LogP contribution in [0.15, 0.2) is 14.9 Å². The number of thiol groups is 1. The van der Waals surface area contributed by atoms with E-state index in [1.54, 1.807) is 6.21 Å². The summed E-state index contributed by atoms with van der Waals surface area (Å²) in [5, 5.41) is 0. The zero-order valence-electron chi connectivity index (χ0n) is 7.70. The Balaban J connectivity index is 2.46. The van der Waals surface area contributed by atoms with Gasteiger partial charge in [-0.15, -0.1) is 0 Å². The molecule has 0 N–H and O–H groups in total. The monoisotopic (exact) mass is 270 g/mol. The molecular formula is C10H11BrN2S. The summed E-state index contributed by atoms with van der Waals surface area (Å²) in [6.07, 6.45) is 6.41. The second kappa shape index (κ2) is 4.45. The molecule has 0 fully saturated rings. The molecule has 2 rings (SSSR count). The van der Waals surface area contributed by atoms with Crippen LogP contribution in [-0.2, 0) is 12.8 Å². The number of aromatic nitrogens is 1. The predicted molar refractivity (Wildman–Crippen MR) is 65.2 cm³/mol. The van der Waals surface area contributed by atoms with E-state index in [0.717, 1.165) is 23.0 Å². The molecule has 0 atom stereocenters. The molecule has 0 unspecified atom stereocenters. The molecule has 2 nitrogen and oxygen atoms in total. The van der Waals surface area contributed by atoms with Gasteiger partial charge >= 0.3 is 0 Å². The Kier molecular flexibility index (Phi) is 3.23. The molecule has 1 heterocycles. The van der Waals surface area contributed by atoms with E-state index < -0.39 is 0 Å². The molecule has 0 radical (unpaired) electrons. The molecule has 0 aliphatic heterocycles. The van der Waals surface area contributed by atoms with Gasteiger partial charge in [-0.05, 0) is 50.1 Å². The molecular weight excluding hydrogens is 260 g/mol. The first kappa shape index (κ1) is 10.2. The Hall–Kier alpha value is -0.350. The maximum atomic E-state index is 4.54. The molecule has 0 amide bonds. The minimum absolute atomic E-state index is 0.882. The van der Waals surface area contributed by atoms with Gasteiger partial charge in [-0.3, -0.25) is 4.98 Å².